The average molecular weight is 525 g/mol. The Morgan fingerprint density at radius 1 is 1.16 bits per heavy atom. The second kappa shape index (κ2) is 11.6. The molecule has 0 saturated heterocycles. The molecule has 1 aromatic heterocycles. The summed E-state index contributed by atoms with van der Waals surface area (Å²) in [6, 6.07) is 12.1. The van der Waals surface area contributed by atoms with Crippen LogP contribution in [0.15, 0.2) is 60.8 Å². The number of aromatic nitrogens is 1. The lowest BCUT2D eigenvalue weighted by molar-refractivity contribution is 0.0356. The van der Waals surface area contributed by atoms with Gasteiger partial charge in [0.2, 0.25) is 5.88 Å². The van der Waals surface area contributed by atoms with Gasteiger partial charge in [-0.15, -0.1) is 0 Å². The van der Waals surface area contributed by atoms with Crippen molar-refractivity contribution in [2.75, 3.05) is 32.1 Å². The second-order valence-corrected chi connectivity index (χ2v) is 9.52. The van der Waals surface area contributed by atoms with Gasteiger partial charge in [-0.25, -0.2) is 18.6 Å². The van der Waals surface area contributed by atoms with Crippen LogP contribution in [-0.4, -0.2) is 70.7 Å². The molecule has 3 amide bonds. The Hall–Kier alpha value is -4.05. The minimum Gasteiger partial charge on any atom is -0.472 e. The molecule has 0 bridgehead atoms. The standard InChI is InChI=1S/C28H30F2N4O4/c1-17-14-34(18(2)16-35)27(36)24-12-20(19-4-6-21(29)7-5-19)13-31-26(24)38-25(17)15-33(3)28(37)32-23-10-8-22(30)9-11-23/h4-13,17-18,25,35H,14-16H2,1-3H3,(H,32,37)/t17-,18+,25+/m0/s1. The molecule has 0 saturated carbocycles. The fourth-order valence-electron chi connectivity index (χ4n) is 4.23. The summed E-state index contributed by atoms with van der Waals surface area (Å²) >= 11 is 0. The number of aliphatic hydroxyl groups is 1. The van der Waals surface area contributed by atoms with Gasteiger partial charge < -0.3 is 25.0 Å². The van der Waals surface area contributed by atoms with Crippen molar-refractivity contribution in [3.63, 3.8) is 0 Å². The third-order valence-electron chi connectivity index (χ3n) is 6.59. The summed E-state index contributed by atoms with van der Waals surface area (Å²) in [5.41, 5.74) is 1.95. The number of carbonyl (C=O) groups excluding carboxylic acids is 2. The maximum atomic E-state index is 13.6. The lowest BCUT2D eigenvalue weighted by Gasteiger charge is -2.37. The normalized spacial score (nSPS) is 18.1. The summed E-state index contributed by atoms with van der Waals surface area (Å²) in [5, 5.41) is 12.6. The summed E-state index contributed by atoms with van der Waals surface area (Å²) in [4.78, 5) is 33.8. The highest BCUT2D eigenvalue weighted by Gasteiger charge is 2.34. The molecule has 10 heteroatoms. The zero-order chi connectivity index (χ0) is 27.4. The Bertz CT molecular complexity index is 1290. The number of nitrogens with zero attached hydrogens (tertiary/aromatic N) is 3. The quantitative estimate of drug-likeness (QED) is 0.498. The highest BCUT2D eigenvalue weighted by Crippen LogP contribution is 2.30. The number of halogens is 2. The first-order valence-corrected chi connectivity index (χ1v) is 12.3. The van der Waals surface area contributed by atoms with Crippen molar-refractivity contribution >= 4 is 17.6 Å². The highest BCUT2D eigenvalue weighted by molar-refractivity contribution is 5.98. The Balaban J connectivity index is 1.62. The number of hydrogen-bond acceptors (Lipinski definition) is 5. The van der Waals surface area contributed by atoms with Gasteiger partial charge in [-0.3, -0.25) is 4.79 Å². The van der Waals surface area contributed by atoms with Crippen LogP contribution in [0.5, 0.6) is 5.88 Å². The molecule has 3 aromatic rings. The Morgan fingerprint density at radius 2 is 1.79 bits per heavy atom. The summed E-state index contributed by atoms with van der Waals surface area (Å²) < 4.78 is 32.9. The lowest BCUT2D eigenvalue weighted by atomic mass is 9.99. The lowest BCUT2D eigenvalue weighted by Crippen LogP contribution is -2.50. The maximum Gasteiger partial charge on any atom is 0.321 e. The fourth-order valence-corrected chi connectivity index (χ4v) is 4.23. The topological polar surface area (TPSA) is 95.0 Å². The zero-order valence-corrected chi connectivity index (χ0v) is 21.4. The van der Waals surface area contributed by atoms with Crippen molar-refractivity contribution in [3.05, 3.63) is 78.0 Å². The molecule has 1 aliphatic rings. The van der Waals surface area contributed by atoms with E-state index in [0.29, 0.717) is 16.8 Å². The van der Waals surface area contributed by atoms with Crippen LogP contribution in [0.3, 0.4) is 0 Å². The Kier molecular flexibility index (Phi) is 8.21. The van der Waals surface area contributed by atoms with Crippen LogP contribution in [-0.2, 0) is 0 Å². The smallest absolute Gasteiger partial charge is 0.321 e. The molecule has 0 aliphatic carbocycles. The number of fused-ring (bicyclic) bond motifs is 1. The molecule has 8 nitrogen and oxygen atoms in total. The Morgan fingerprint density at radius 3 is 2.42 bits per heavy atom. The molecule has 38 heavy (non-hydrogen) atoms. The van der Waals surface area contributed by atoms with Crippen molar-refractivity contribution in [3.8, 4) is 17.0 Å². The van der Waals surface area contributed by atoms with Gasteiger partial charge in [0.25, 0.3) is 5.91 Å². The van der Waals surface area contributed by atoms with Crippen molar-refractivity contribution in [1.82, 2.24) is 14.8 Å². The number of urea groups is 1. The number of carbonyl (C=O) groups is 2. The molecule has 4 rings (SSSR count). The number of hydrogen-bond donors (Lipinski definition) is 2. The van der Waals surface area contributed by atoms with E-state index in [4.69, 9.17) is 4.74 Å². The third kappa shape index (κ3) is 6.08. The summed E-state index contributed by atoms with van der Waals surface area (Å²) in [6.07, 6.45) is 1.01. The van der Waals surface area contributed by atoms with Crippen LogP contribution in [0.4, 0.5) is 19.3 Å². The molecular weight excluding hydrogens is 494 g/mol. The molecule has 0 unspecified atom stereocenters. The van der Waals surface area contributed by atoms with E-state index in [0.717, 1.165) is 0 Å². The van der Waals surface area contributed by atoms with Crippen LogP contribution in [0.2, 0.25) is 0 Å². The number of benzene rings is 2. The molecule has 1 aliphatic heterocycles. The number of rotatable bonds is 6. The van der Waals surface area contributed by atoms with E-state index in [2.05, 4.69) is 10.3 Å². The van der Waals surface area contributed by atoms with Crippen molar-refractivity contribution in [2.24, 2.45) is 5.92 Å². The number of anilines is 1. The van der Waals surface area contributed by atoms with E-state index in [1.807, 2.05) is 6.92 Å². The number of ether oxygens (including phenoxy) is 1. The number of aliphatic hydroxyl groups excluding tert-OH is 1. The molecule has 0 radical (unpaired) electrons. The first kappa shape index (κ1) is 27.0. The van der Waals surface area contributed by atoms with E-state index in [9.17, 15) is 23.5 Å². The summed E-state index contributed by atoms with van der Waals surface area (Å²) in [7, 11) is 1.61. The van der Waals surface area contributed by atoms with Gasteiger partial charge in [0.05, 0.1) is 19.2 Å². The van der Waals surface area contributed by atoms with Gasteiger partial charge in [-0.05, 0) is 55.0 Å². The SMILES string of the molecule is C[C@H](CO)N1C[C@H](C)[C@@H](CN(C)C(=O)Nc2ccc(F)cc2)Oc2ncc(-c3ccc(F)cc3)cc2C1=O. The molecular formula is C28H30F2N4O4. The predicted octanol–water partition coefficient (Wildman–Crippen LogP) is 4.41. The van der Waals surface area contributed by atoms with Crippen LogP contribution in [0, 0.1) is 17.6 Å². The van der Waals surface area contributed by atoms with Crippen LogP contribution >= 0.6 is 0 Å². The largest absolute Gasteiger partial charge is 0.472 e. The molecule has 2 aromatic carbocycles. The number of amides is 3. The van der Waals surface area contributed by atoms with E-state index in [-0.39, 0.29) is 48.8 Å². The third-order valence-corrected chi connectivity index (χ3v) is 6.59. The number of pyridine rings is 1. The monoisotopic (exact) mass is 524 g/mol. The molecule has 0 fully saturated rings. The second-order valence-electron chi connectivity index (χ2n) is 9.52. The maximum absolute atomic E-state index is 13.6. The van der Waals surface area contributed by atoms with E-state index in [1.54, 1.807) is 43.3 Å². The number of likely N-dealkylation sites (N-methyl/N-ethyl adjacent to an activating group) is 1. The van der Waals surface area contributed by atoms with Crippen LogP contribution < -0.4 is 10.1 Å². The summed E-state index contributed by atoms with van der Waals surface area (Å²) in [5.74, 6) is -1.23. The average Bonchev–Trinajstić information content (AvgIpc) is 2.91. The highest BCUT2D eigenvalue weighted by atomic mass is 19.1. The minimum absolute atomic E-state index is 0.111. The molecule has 0 spiro atoms. The molecule has 200 valence electrons. The van der Waals surface area contributed by atoms with Gasteiger partial charge >= 0.3 is 6.03 Å². The molecule has 2 heterocycles. The van der Waals surface area contributed by atoms with Crippen LogP contribution in [0.25, 0.3) is 11.1 Å². The summed E-state index contributed by atoms with van der Waals surface area (Å²) in [6.45, 7) is 3.87. The fraction of sp³-hybridized carbons (Fsp3) is 0.321. The predicted molar refractivity (Wildman–Crippen MR) is 139 cm³/mol. The van der Waals surface area contributed by atoms with Crippen molar-refractivity contribution in [1.29, 1.82) is 0 Å². The molecule has 3 atom stereocenters. The minimum atomic E-state index is -0.539. The van der Waals surface area contributed by atoms with E-state index < -0.39 is 24.0 Å². The van der Waals surface area contributed by atoms with Crippen molar-refractivity contribution < 1.29 is 28.2 Å². The van der Waals surface area contributed by atoms with Gasteiger partial charge in [-0.1, -0.05) is 19.1 Å². The van der Waals surface area contributed by atoms with Gasteiger partial charge in [0.15, 0.2) is 0 Å². The Labute approximate surface area is 219 Å². The first-order valence-electron chi connectivity index (χ1n) is 12.3. The van der Waals surface area contributed by atoms with Gasteiger partial charge in [0, 0.05) is 37.0 Å². The van der Waals surface area contributed by atoms with Crippen LogP contribution in [0.1, 0.15) is 24.2 Å². The number of nitrogens with one attached hydrogen (secondary N) is 1. The molecule has 2 N–H and O–H groups in total. The van der Waals surface area contributed by atoms with E-state index >= 15 is 0 Å². The zero-order valence-electron chi connectivity index (χ0n) is 21.4. The van der Waals surface area contributed by atoms with Gasteiger partial charge in [0.1, 0.15) is 23.3 Å². The first-order chi connectivity index (χ1) is 18.2. The van der Waals surface area contributed by atoms with Gasteiger partial charge in [-0.2, -0.15) is 0 Å². The van der Waals surface area contributed by atoms with E-state index in [1.165, 1.54) is 41.3 Å². The van der Waals surface area contributed by atoms with Crippen molar-refractivity contribution in [2.45, 2.75) is 26.0 Å².